The lowest BCUT2D eigenvalue weighted by atomic mass is 9.99. The van der Waals surface area contributed by atoms with Crippen LogP contribution in [0.1, 0.15) is 51.9 Å². The fourth-order valence-corrected chi connectivity index (χ4v) is 2.95. The van der Waals surface area contributed by atoms with Crippen molar-refractivity contribution in [3.63, 3.8) is 0 Å². The number of nitrogens with one attached hydrogen (secondary N) is 1. The van der Waals surface area contributed by atoms with Crippen LogP contribution in [0.4, 0.5) is 0 Å². The van der Waals surface area contributed by atoms with Crippen molar-refractivity contribution in [2.45, 2.75) is 88.7 Å². The van der Waals surface area contributed by atoms with Gasteiger partial charge in [0, 0.05) is 6.54 Å². The van der Waals surface area contributed by atoms with Gasteiger partial charge >= 0.3 is 0 Å². The van der Waals surface area contributed by atoms with Gasteiger partial charge in [0.15, 0.2) is 6.29 Å². The smallest absolute Gasteiger partial charge is 0.186 e. The Morgan fingerprint density at radius 3 is 2.27 bits per heavy atom. The molecule has 0 aromatic carbocycles. The molecule has 1 fully saturated rings. The Balaban J connectivity index is 2.09. The summed E-state index contributed by atoms with van der Waals surface area (Å²) in [5.41, 5.74) is 0. The first-order chi connectivity index (χ1) is 12.5. The molecule has 6 N–H and O–H groups in total. The summed E-state index contributed by atoms with van der Waals surface area (Å²) in [7, 11) is 0. The van der Waals surface area contributed by atoms with E-state index < -0.39 is 43.4 Å². The highest BCUT2D eigenvalue weighted by atomic mass is 16.7. The molecule has 1 heterocycles. The molecule has 1 saturated heterocycles. The maximum absolute atomic E-state index is 9.92. The van der Waals surface area contributed by atoms with Gasteiger partial charge in [0.1, 0.15) is 24.4 Å². The molecule has 1 aliphatic heterocycles. The van der Waals surface area contributed by atoms with E-state index in [1.54, 1.807) is 0 Å². The molecule has 0 spiro atoms. The molecule has 26 heavy (non-hydrogen) atoms. The summed E-state index contributed by atoms with van der Waals surface area (Å²) in [4.78, 5) is 0. The van der Waals surface area contributed by atoms with Gasteiger partial charge in [-0.15, -0.1) is 0 Å². The van der Waals surface area contributed by atoms with Crippen LogP contribution in [0.3, 0.4) is 0 Å². The van der Waals surface area contributed by atoms with Gasteiger partial charge in [-0.1, -0.05) is 45.4 Å². The second kappa shape index (κ2) is 13.8. The molecule has 1 unspecified atom stereocenters. The Hall–Kier alpha value is -0.320. The van der Waals surface area contributed by atoms with Crippen molar-refractivity contribution < 1.29 is 35.0 Å². The molecule has 0 saturated carbocycles. The van der Waals surface area contributed by atoms with Gasteiger partial charge in [-0.05, 0) is 13.0 Å². The van der Waals surface area contributed by atoms with Crippen molar-refractivity contribution in [1.29, 1.82) is 0 Å². The lowest BCUT2D eigenvalue weighted by Crippen LogP contribution is -2.59. The summed E-state index contributed by atoms with van der Waals surface area (Å²) < 4.78 is 10.5. The number of hydrogen-bond acceptors (Lipinski definition) is 8. The molecular weight excluding hydrogens is 342 g/mol. The van der Waals surface area contributed by atoms with E-state index in [4.69, 9.17) is 14.6 Å². The van der Waals surface area contributed by atoms with Gasteiger partial charge in [-0.2, -0.15) is 0 Å². The third kappa shape index (κ3) is 8.58. The third-order valence-corrected chi connectivity index (χ3v) is 4.64. The normalized spacial score (nSPS) is 30.5. The molecule has 0 amide bonds. The summed E-state index contributed by atoms with van der Waals surface area (Å²) in [5, 5.41) is 51.4. The second-order valence-electron chi connectivity index (χ2n) is 7.01. The summed E-state index contributed by atoms with van der Waals surface area (Å²) in [6, 6.07) is 0. The van der Waals surface area contributed by atoms with Gasteiger partial charge in [0.25, 0.3) is 0 Å². The molecule has 0 aromatic heterocycles. The Kier molecular flexibility index (Phi) is 12.6. The number of aliphatic hydroxyl groups excluding tert-OH is 5. The van der Waals surface area contributed by atoms with Crippen LogP contribution in [-0.2, 0) is 9.47 Å². The van der Waals surface area contributed by atoms with E-state index >= 15 is 0 Å². The molecule has 0 radical (unpaired) electrons. The highest BCUT2D eigenvalue weighted by Crippen LogP contribution is 2.21. The summed E-state index contributed by atoms with van der Waals surface area (Å²) in [5.74, 6) is 0. The van der Waals surface area contributed by atoms with Gasteiger partial charge in [0.2, 0.25) is 0 Å². The predicted molar refractivity (Wildman–Crippen MR) is 96.6 cm³/mol. The fraction of sp³-hybridized carbons (Fsp3) is 1.00. The van der Waals surface area contributed by atoms with Crippen LogP contribution >= 0.6 is 0 Å². The number of ether oxygens (including phenoxy) is 2. The van der Waals surface area contributed by atoms with Crippen molar-refractivity contribution in [3.05, 3.63) is 0 Å². The average Bonchev–Trinajstić information content (AvgIpc) is 2.64. The van der Waals surface area contributed by atoms with E-state index in [1.807, 2.05) is 0 Å². The standard InChI is InChI=1S/C18H37NO7/c1-2-3-4-5-6-7-8-9-19-10-13(21)12-25-18-17(24)16(23)15(22)14(11-20)26-18/h13-24H,2-12H2,1H3/t13?,14-,15+,16+,17-,18+/m1/s1. The van der Waals surface area contributed by atoms with Crippen molar-refractivity contribution in [2.75, 3.05) is 26.3 Å². The average molecular weight is 379 g/mol. The van der Waals surface area contributed by atoms with Crippen molar-refractivity contribution in [2.24, 2.45) is 0 Å². The highest BCUT2D eigenvalue weighted by Gasteiger charge is 2.44. The van der Waals surface area contributed by atoms with Crippen LogP contribution in [0.2, 0.25) is 0 Å². The van der Waals surface area contributed by atoms with Crippen LogP contribution in [0, 0.1) is 0 Å². The van der Waals surface area contributed by atoms with Crippen molar-refractivity contribution in [3.8, 4) is 0 Å². The highest BCUT2D eigenvalue weighted by molar-refractivity contribution is 4.88. The number of aliphatic hydroxyl groups is 5. The fourth-order valence-electron chi connectivity index (χ4n) is 2.95. The van der Waals surface area contributed by atoms with Crippen LogP contribution in [0.15, 0.2) is 0 Å². The van der Waals surface area contributed by atoms with E-state index in [-0.39, 0.29) is 6.61 Å². The molecule has 1 aliphatic rings. The Bertz CT molecular complexity index is 346. The van der Waals surface area contributed by atoms with E-state index in [1.165, 1.54) is 38.5 Å². The van der Waals surface area contributed by atoms with Crippen LogP contribution < -0.4 is 5.32 Å². The second-order valence-corrected chi connectivity index (χ2v) is 7.01. The summed E-state index contributed by atoms with van der Waals surface area (Å²) in [6.45, 7) is 2.79. The molecule has 8 nitrogen and oxygen atoms in total. The van der Waals surface area contributed by atoms with Gasteiger partial charge in [-0.3, -0.25) is 0 Å². The molecule has 0 aliphatic carbocycles. The quantitative estimate of drug-likeness (QED) is 0.223. The first-order valence-corrected chi connectivity index (χ1v) is 9.82. The van der Waals surface area contributed by atoms with Gasteiger partial charge in [-0.25, -0.2) is 0 Å². The molecule has 1 rings (SSSR count). The Morgan fingerprint density at radius 1 is 0.962 bits per heavy atom. The monoisotopic (exact) mass is 379 g/mol. The molecule has 156 valence electrons. The third-order valence-electron chi connectivity index (χ3n) is 4.64. The zero-order chi connectivity index (χ0) is 19.4. The minimum Gasteiger partial charge on any atom is -0.394 e. The van der Waals surface area contributed by atoms with E-state index in [9.17, 15) is 20.4 Å². The lowest BCUT2D eigenvalue weighted by Gasteiger charge is -2.39. The largest absolute Gasteiger partial charge is 0.394 e. The number of hydrogen-bond donors (Lipinski definition) is 6. The van der Waals surface area contributed by atoms with Gasteiger partial charge in [0.05, 0.1) is 19.3 Å². The van der Waals surface area contributed by atoms with E-state index in [2.05, 4.69) is 12.2 Å². The van der Waals surface area contributed by atoms with Crippen molar-refractivity contribution >= 4 is 0 Å². The molecule has 8 heteroatoms. The Labute approximate surface area is 156 Å². The van der Waals surface area contributed by atoms with E-state index in [0.717, 1.165) is 13.0 Å². The lowest BCUT2D eigenvalue weighted by molar-refractivity contribution is -0.304. The van der Waals surface area contributed by atoms with Crippen LogP contribution in [0.25, 0.3) is 0 Å². The maximum atomic E-state index is 9.92. The Morgan fingerprint density at radius 2 is 1.62 bits per heavy atom. The van der Waals surface area contributed by atoms with Crippen LogP contribution in [0.5, 0.6) is 0 Å². The molecule has 0 aromatic rings. The predicted octanol–water partition coefficient (Wildman–Crippen LogP) is -0.496. The zero-order valence-corrected chi connectivity index (χ0v) is 15.8. The van der Waals surface area contributed by atoms with Gasteiger partial charge < -0.3 is 40.3 Å². The summed E-state index contributed by atoms with van der Waals surface area (Å²) >= 11 is 0. The number of rotatable bonds is 14. The first-order valence-electron chi connectivity index (χ1n) is 9.82. The number of unbranched alkanes of at least 4 members (excludes halogenated alkanes) is 6. The summed E-state index contributed by atoms with van der Waals surface area (Å²) in [6.07, 6.45) is 1.29. The van der Waals surface area contributed by atoms with Crippen LogP contribution in [-0.4, -0.2) is 88.6 Å². The minimum absolute atomic E-state index is 0.0906. The van der Waals surface area contributed by atoms with E-state index in [0.29, 0.717) is 6.54 Å². The topological polar surface area (TPSA) is 132 Å². The molecule has 0 bridgehead atoms. The van der Waals surface area contributed by atoms with Crippen molar-refractivity contribution in [1.82, 2.24) is 5.32 Å². The maximum Gasteiger partial charge on any atom is 0.186 e. The SMILES string of the molecule is CCCCCCCCCNCC(O)CO[C@H]1O[C@H](CO)[C@H](O)[C@H](O)[C@H]1O. The zero-order valence-electron chi connectivity index (χ0n) is 15.8. The molecular formula is C18H37NO7. The first kappa shape index (κ1) is 23.7. The minimum atomic E-state index is -1.47. The molecule has 6 atom stereocenters.